The molecule has 0 N–H and O–H groups in total. The smallest absolute Gasteiger partial charge is 0.152 e. The number of Topliss-reactive ketones (excluding diaryl/α,β-unsaturated/α-hetero) is 1. The fraction of sp³-hybridized carbons (Fsp3) is 0.562. The second-order valence-electron chi connectivity index (χ2n) is 5.52. The molecule has 0 spiro atoms. The number of likely N-dealkylation sites (N-methyl/N-ethyl adjacent to an activating group) is 1. The molecule has 2 heteroatoms. The van der Waals surface area contributed by atoms with Crippen LogP contribution >= 0.6 is 0 Å². The Bertz CT molecular complexity index is 370. The summed E-state index contributed by atoms with van der Waals surface area (Å²) in [5.41, 5.74) is 1.23. The van der Waals surface area contributed by atoms with Gasteiger partial charge < -0.3 is 0 Å². The molecule has 0 saturated heterocycles. The van der Waals surface area contributed by atoms with Gasteiger partial charge in [0.05, 0.1) is 6.04 Å². The molecule has 0 radical (unpaired) electrons. The van der Waals surface area contributed by atoms with Gasteiger partial charge in [-0.25, -0.2) is 0 Å². The van der Waals surface area contributed by atoms with Crippen molar-refractivity contribution in [2.75, 3.05) is 7.05 Å². The van der Waals surface area contributed by atoms with Crippen LogP contribution in [0, 0.1) is 5.92 Å². The fourth-order valence-corrected chi connectivity index (χ4v) is 2.03. The van der Waals surface area contributed by atoms with Crippen LogP contribution in [0.5, 0.6) is 0 Å². The van der Waals surface area contributed by atoms with Crippen molar-refractivity contribution in [3.05, 3.63) is 35.9 Å². The molecular weight excluding hydrogens is 222 g/mol. The zero-order chi connectivity index (χ0) is 13.7. The molecule has 1 unspecified atom stereocenters. The molecule has 18 heavy (non-hydrogen) atoms. The highest BCUT2D eigenvalue weighted by Gasteiger charge is 2.26. The second-order valence-corrected chi connectivity index (χ2v) is 5.52. The Labute approximate surface area is 111 Å². The number of carbonyl (C=O) groups excluding carboxylic acids is 1. The maximum absolute atomic E-state index is 12.4. The van der Waals surface area contributed by atoms with Crippen LogP contribution in [0.3, 0.4) is 0 Å². The molecule has 0 aliphatic rings. The van der Waals surface area contributed by atoms with Crippen LogP contribution in [0.25, 0.3) is 0 Å². The lowest BCUT2D eigenvalue weighted by Gasteiger charge is -2.31. The van der Waals surface area contributed by atoms with Gasteiger partial charge in [-0.15, -0.1) is 0 Å². The first kappa shape index (κ1) is 14.9. The third kappa shape index (κ3) is 3.95. The molecule has 0 saturated carbocycles. The largest absolute Gasteiger partial charge is 0.298 e. The van der Waals surface area contributed by atoms with Crippen LogP contribution in [0.2, 0.25) is 0 Å². The van der Waals surface area contributed by atoms with Gasteiger partial charge in [0, 0.05) is 12.0 Å². The van der Waals surface area contributed by atoms with E-state index >= 15 is 0 Å². The van der Waals surface area contributed by atoms with Crippen LogP contribution in [-0.4, -0.2) is 29.8 Å². The van der Waals surface area contributed by atoms with Crippen molar-refractivity contribution in [2.45, 2.75) is 46.2 Å². The van der Waals surface area contributed by atoms with E-state index in [-0.39, 0.29) is 12.0 Å². The Morgan fingerprint density at radius 1 is 1.11 bits per heavy atom. The molecular formula is C16H25NO. The van der Waals surface area contributed by atoms with Gasteiger partial charge in [-0.2, -0.15) is 0 Å². The van der Waals surface area contributed by atoms with E-state index < -0.39 is 0 Å². The summed E-state index contributed by atoms with van der Waals surface area (Å²) in [4.78, 5) is 14.5. The number of hydrogen-bond donors (Lipinski definition) is 0. The van der Waals surface area contributed by atoms with E-state index in [0.29, 0.717) is 11.8 Å². The van der Waals surface area contributed by atoms with Gasteiger partial charge in [0.25, 0.3) is 0 Å². The van der Waals surface area contributed by atoms with Crippen LogP contribution in [0.1, 0.15) is 33.3 Å². The summed E-state index contributed by atoms with van der Waals surface area (Å²) in [5, 5.41) is 0. The molecule has 1 atom stereocenters. The van der Waals surface area contributed by atoms with E-state index in [1.54, 1.807) is 0 Å². The number of rotatable bonds is 6. The van der Waals surface area contributed by atoms with Crippen molar-refractivity contribution in [1.29, 1.82) is 0 Å². The highest BCUT2D eigenvalue weighted by molar-refractivity contribution is 5.86. The molecule has 1 rings (SSSR count). The van der Waals surface area contributed by atoms with Gasteiger partial charge in [-0.05, 0) is 32.9 Å². The molecule has 1 aromatic carbocycles. The zero-order valence-electron chi connectivity index (χ0n) is 12.2. The molecule has 100 valence electrons. The predicted molar refractivity (Wildman–Crippen MR) is 76.7 cm³/mol. The minimum Gasteiger partial charge on any atom is -0.298 e. The molecule has 0 aromatic heterocycles. The lowest BCUT2D eigenvalue weighted by Crippen LogP contribution is -2.45. The Morgan fingerprint density at radius 3 is 2.11 bits per heavy atom. The van der Waals surface area contributed by atoms with Gasteiger partial charge in [-0.3, -0.25) is 9.69 Å². The lowest BCUT2D eigenvalue weighted by molar-refractivity contribution is -0.127. The molecule has 0 aliphatic carbocycles. The van der Waals surface area contributed by atoms with Crippen LogP contribution in [-0.2, 0) is 11.2 Å². The molecule has 0 heterocycles. The normalized spacial score (nSPS) is 13.3. The first-order chi connectivity index (χ1) is 8.43. The highest BCUT2D eigenvalue weighted by Crippen LogP contribution is 2.15. The summed E-state index contributed by atoms with van der Waals surface area (Å²) in [7, 11) is 2.04. The van der Waals surface area contributed by atoms with E-state index in [4.69, 9.17) is 0 Å². The van der Waals surface area contributed by atoms with Crippen molar-refractivity contribution < 1.29 is 4.79 Å². The van der Waals surface area contributed by atoms with Crippen LogP contribution in [0.4, 0.5) is 0 Å². The fourth-order valence-electron chi connectivity index (χ4n) is 2.03. The number of nitrogens with zero attached hydrogens (tertiary/aromatic N) is 1. The number of ketones is 1. The Kier molecular flexibility index (Phi) is 5.54. The third-order valence-corrected chi connectivity index (χ3v) is 3.48. The molecule has 0 fully saturated rings. The molecule has 0 bridgehead atoms. The first-order valence-corrected chi connectivity index (χ1v) is 6.73. The van der Waals surface area contributed by atoms with Gasteiger partial charge >= 0.3 is 0 Å². The standard InChI is InChI=1S/C16H25NO/c1-12(2)16(18)15(17(5)13(3)4)11-14-9-7-6-8-10-14/h6-10,12-13,15H,11H2,1-5H3. The minimum atomic E-state index is -0.0209. The van der Waals surface area contributed by atoms with E-state index in [2.05, 4.69) is 30.9 Å². The van der Waals surface area contributed by atoms with E-state index in [0.717, 1.165) is 6.42 Å². The van der Waals surface area contributed by atoms with Gasteiger partial charge in [-0.1, -0.05) is 44.2 Å². The first-order valence-electron chi connectivity index (χ1n) is 6.73. The third-order valence-electron chi connectivity index (χ3n) is 3.48. The van der Waals surface area contributed by atoms with Gasteiger partial charge in [0.2, 0.25) is 0 Å². The Balaban J connectivity index is 2.88. The quantitative estimate of drug-likeness (QED) is 0.769. The number of benzene rings is 1. The summed E-state index contributed by atoms with van der Waals surface area (Å²) in [6.45, 7) is 8.22. The number of hydrogen-bond acceptors (Lipinski definition) is 2. The van der Waals surface area contributed by atoms with E-state index in [1.165, 1.54) is 5.56 Å². The van der Waals surface area contributed by atoms with Crippen molar-refractivity contribution >= 4 is 5.78 Å². The molecule has 0 amide bonds. The molecule has 1 aromatic rings. The minimum absolute atomic E-state index is 0.0209. The van der Waals surface area contributed by atoms with Crippen molar-refractivity contribution in [3.8, 4) is 0 Å². The van der Waals surface area contributed by atoms with Gasteiger partial charge in [0.1, 0.15) is 0 Å². The van der Waals surface area contributed by atoms with E-state index in [1.807, 2.05) is 39.1 Å². The van der Waals surface area contributed by atoms with Crippen molar-refractivity contribution in [3.63, 3.8) is 0 Å². The Morgan fingerprint density at radius 2 is 1.67 bits per heavy atom. The van der Waals surface area contributed by atoms with Crippen molar-refractivity contribution in [1.82, 2.24) is 4.90 Å². The monoisotopic (exact) mass is 247 g/mol. The SMILES string of the molecule is CC(C)C(=O)C(Cc1ccccc1)N(C)C(C)C. The average molecular weight is 247 g/mol. The summed E-state index contributed by atoms with van der Waals surface area (Å²) >= 11 is 0. The lowest BCUT2D eigenvalue weighted by atomic mass is 9.94. The van der Waals surface area contributed by atoms with Crippen LogP contribution in [0.15, 0.2) is 30.3 Å². The van der Waals surface area contributed by atoms with E-state index in [9.17, 15) is 4.79 Å². The molecule has 2 nitrogen and oxygen atoms in total. The number of carbonyl (C=O) groups is 1. The average Bonchev–Trinajstić information content (AvgIpc) is 2.35. The van der Waals surface area contributed by atoms with Crippen LogP contribution < -0.4 is 0 Å². The maximum atomic E-state index is 12.4. The second kappa shape index (κ2) is 6.69. The molecule has 0 aliphatic heterocycles. The zero-order valence-corrected chi connectivity index (χ0v) is 12.2. The summed E-state index contributed by atoms with van der Waals surface area (Å²) < 4.78 is 0. The summed E-state index contributed by atoms with van der Waals surface area (Å²) in [6.07, 6.45) is 0.798. The van der Waals surface area contributed by atoms with Gasteiger partial charge in [0.15, 0.2) is 5.78 Å². The summed E-state index contributed by atoms with van der Waals surface area (Å²) in [5.74, 6) is 0.412. The summed E-state index contributed by atoms with van der Waals surface area (Å²) in [6, 6.07) is 10.6. The Hall–Kier alpha value is -1.15. The highest BCUT2D eigenvalue weighted by atomic mass is 16.1. The maximum Gasteiger partial charge on any atom is 0.152 e. The predicted octanol–water partition coefficient (Wildman–Crippen LogP) is 3.16. The topological polar surface area (TPSA) is 20.3 Å². The van der Waals surface area contributed by atoms with Crippen molar-refractivity contribution in [2.24, 2.45) is 5.92 Å².